The molecule has 6 nitrogen and oxygen atoms in total. The summed E-state index contributed by atoms with van der Waals surface area (Å²) >= 11 is 3.13. The van der Waals surface area contributed by atoms with Gasteiger partial charge in [-0.3, -0.25) is 10.1 Å². The van der Waals surface area contributed by atoms with Gasteiger partial charge >= 0.3 is 11.7 Å². The van der Waals surface area contributed by atoms with Crippen LogP contribution in [0.2, 0.25) is 0 Å². The third-order valence-electron chi connectivity index (χ3n) is 2.67. The van der Waals surface area contributed by atoms with Crippen molar-refractivity contribution >= 4 is 27.6 Å². The number of rotatable bonds is 3. The van der Waals surface area contributed by atoms with Gasteiger partial charge in [0.05, 0.1) is 10.5 Å². The number of carboxylic acids is 1. The fraction of sp³-hybridized carbons (Fsp3) is 0. The molecule has 0 radical (unpaired) electrons. The van der Waals surface area contributed by atoms with E-state index >= 15 is 0 Å². The lowest BCUT2D eigenvalue weighted by molar-refractivity contribution is -0.385. The second-order valence-corrected chi connectivity index (χ2v) is 4.88. The number of nitro benzene ring substituents is 1. The van der Waals surface area contributed by atoms with Crippen LogP contribution in [0.5, 0.6) is 5.75 Å². The van der Waals surface area contributed by atoms with Gasteiger partial charge in [-0.1, -0.05) is 28.1 Å². The summed E-state index contributed by atoms with van der Waals surface area (Å²) in [6.07, 6.45) is 0. The molecule has 0 aliphatic heterocycles. The molecule has 0 aliphatic rings. The van der Waals surface area contributed by atoms with E-state index in [1.807, 2.05) is 0 Å². The largest absolute Gasteiger partial charge is 0.502 e. The van der Waals surface area contributed by atoms with Crippen LogP contribution in [-0.2, 0) is 0 Å². The summed E-state index contributed by atoms with van der Waals surface area (Å²) in [6.45, 7) is 0. The second kappa shape index (κ2) is 5.30. The third kappa shape index (κ3) is 2.62. The molecule has 102 valence electrons. The topological polar surface area (TPSA) is 101 Å². The molecule has 2 aromatic carbocycles. The number of phenolic OH excluding ortho intramolecular Hbond substituents is 1. The van der Waals surface area contributed by atoms with Crippen LogP contribution in [0.15, 0.2) is 40.9 Å². The maximum Gasteiger partial charge on any atom is 0.335 e. The molecule has 0 saturated heterocycles. The summed E-state index contributed by atoms with van der Waals surface area (Å²) < 4.78 is 0.415. The molecule has 0 heterocycles. The zero-order chi connectivity index (χ0) is 14.9. The van der Waals surface area contributed by atoms with Crippen LogP contribution in [0.25, 0.3) is 11.1 Å². The highest BCUT2D eigenvalue weighted by atomic mass is 79.9. The number of aromatic carboxylic acids is 1. The molecule has 0 atom stereocenters. The van der Waals surface area contributed by atoms with Gasteiger partial charge in [-0.15, -0.1) is 0 Å². The number of hydrogen-bond donors (Lipinski definition) is 2. The molecule has 0 aromatic heterocycles. The number of aromatic hydroxyl groups is 1. The number of benzene rings is 2. The molecule has 0 amide bonds. The number of halogens is 1. The highest BCUT2D eigenvalue weighted by molar-refractivity contribution is 9.10. The van der Waals surface area contributed by atoms with Gasteiger partial charge in [-0.05, 0) is 23.8 Å². The van der Waals surface area contributed by atoms with Crippen molar-refractivity contribution < 1.29 is 19.9 Å². The lowest BCUT2D eigenvalue weighted by atomic mass is 10.0. The smallest absolute Gasteiger partial charge is 0.335 e. The average molecular weight is 338 g/mol. The first kappa shape index (κ1) is 14.0. The van der Waals surface area contributed by atoms with Gasteiger partial charge in [-0.25, -0.2) is 4.79 Å². The van der Waals surface area contributed by atoms with Crippen LogP contribution in [0.4, 0.5) is 5.69 Å². The van der Waals surface area contributed by atoms with E-state index in [9.17, 15) is 20.0 Å². The molecule has 7 heteroatoms. The molecule has 2 rings (SSSR count). The van der Waals surface area contributed by atoms with Crippen LogP contribution in [-0.4, -0.2) is 21.1 Å². The predicted molar refractivity (Wildman–Crippen MR) is 74.9 cm³/mol. The first-order chi connectivity index (χ1) is 9.40. The predicted octanol–water partition coefficient (Wildman–Crippen LogP) is 3.43. The van der Waals surface area contributed by atoms with E-state index in [-0.39, 0.29) is 11.1 Å². The van der Waals surface area contributed by atoms with Gasteiger partial charge in [0, 0.05) is 16.1 Å². The number of carboxylic acid groups (broad SMARTS) is 1. The lowest BCUT2D eigenvalue weighted by Crippen LogP contribution is -1.96. The van der Waals surface area contributed by atoms with Crippen LogP contribution < -0.4 is 0 Å². The SMILES string of the molecule is O=C(O)c1cccc(-c2cc(Br)cc([N+](=O)[O-])c2O)c1. The van der Waals surface area contributed by atoms with Gasteiger partial charge in [0.1, 0.15) is 0 Å². The van der Waals surface area contributed by atoms with Crippen molar-refractivity contribution in [3.05, 3.63) is 56.5 Å². The van der Waals surface area contributed by atoms with E-state index in [1.165, 1.54) is 30.3 Å². The minimum Gasteiger partial charge on any atom is -0.502 e. The van der Waals surface area contributed by atoms with Crippen molar-refractivity contribution in [2.75, 3.05) is 0 Å². The number of carbonyl (C=O) groups is 1. The van der Waals surface area contributed by atoms with Crippen molar-refractivity contribution in [3.63, 3.8) is 0 Å². The van der Waals surface area contributed by atoms with Crippen LogP contribution in [0.3, 0.4) is 0 Å². The standard InChI is InChI=1S/C13H8BrNO5/c14-9-5-10(12(16)11(6-9)15(19)20)7-2-1-3-8(4-7)13(17)18/h1-6,16H,(H,17,18). The Labute approximate surface area is 121 Å². The van der Waals surface area contributed by atoms with E-state index < -0.39 is 22.3 Å². The first-order valence-corrected chi connectivity index (χ1v) is 6.20. The maximum absolute atomic E-state index is 10.9. The average Bonchev–Trinajstić information content (AvgIpc) is 2.40. The summed E-state index contributed by atoms with van der Waals surface area (Å²) in [5, 5.41) is 29.8. The van der Waals surface area contributed by atoms with Gasteiger partial charge in [0.15, 0.2) is 0 Å². The highest BCUT2D eigenvalue weighted by Gasteiger charge is 2.20. The summed E-state index contributed by atoms with van der Waals surface area (Å²) in [4.78, 5) is 21.1. The molecular formula is C13H8BrNO5. The Kier molecular flexibility index (Phi) is 3.71. The fourth-order valence-electron chi connectivity index (χ4n) is 1.76. The zero-order valence-electron chi connectivity index (χ0n) is 9.91. The summed E-state index contributed by atoms with van der Waals surface area (Å²) in [6, 6.07) is 8.48. The van der Waals surface area contributed by atoms with Gasteiger partial charge in [-0.2, -0.15) is 0 Å². The van der Waals surface area contributed by atoms with E-state index in [1.54, 1.807) is 6.07 Å². The molecule has 0 fully saturated rings. The monoisotopic (exact) mass is 337 g/mol. The van der Waals surface area contributed by atoms with Crippen molar-refractivity contribution in [2.45, 2.75) is 0 Å². The summed E-state index contributed by atoms with van der Waals surface area (Å²) in [7, 11) is 0. The second-order valence-electron chi connectivity index (χ2n) is 3.96. The number of nitro groups is 1. The quantitative estimate of drug-likeness (QED) is 0.660. The van der Waals surface area contributed by atoms with Crippen molar-refractivity contribution in [1.82, 2.24) is 0 Å². The molecule has 0 saturated carbocycles. The Balaban J connectivity index is 2.66. The highest BCUT2D eigenvalue weighted by Crippen LogP contribution is 2.39. The summed E-state index contributed by atoms with van der Waals surface area (Å²) in [5.41, 5.74) is 0.153. The lowest BCUT2D eigenvalue weighted by Gasteiger charge is -2.07. The Morgan fingerprint density at radius 2 is 1.95 bits per heavy atom. The molecular weight excluding hydrogens is 330 g/mol. The fourth-order valence-corrected chi connectivity index (χ4v) is 2.21. The third-order valence-corrected chi connectivity index (χ3v) is 3.13. The van der Waals surface area contributed by atoms with E-state index in [0.29, 0.717) is 10.0 Å². The molecule has 0 spiro atoms. The Hall–Kier alpha value is -2.41. The summed E-state index contributed by atoms with van der Waals surface area (Å²) in [5.74, 6) is -1.61. The molecule has 20 heavy (non-hydrogen) atoms. The normalized spacial score (nSPS) is 10.2. The Morgan fingerprint density at radius 1 is 1.25 bits per heavy atom. The van der Waals surface area contributed by atoms with Crippen molar-refractivity contribution in [1.29, 1.82) is 0 Å². The van der Waals surface area contributed by atoms with Gasteiger partial charge in [0.25, 0.3) is 0 Å². The molecule has 0 unspecified atom stereocenters. The van der Waals surface area contributed by atoms with Crippen molar-refractivity contribution in [2.24, 2.45) is 0 Å². The van der Waals surface area contributed by atoms with Crippen LogP contribution >= 0.6 is 15.9 Å². The van der Waals surface area contributed by atoms with E-state index in [2.05, 4.69) is 15.9 Å². The minimum absolute atomic E-state index is 0.0320. The van der Waals surface area contributed by atoms with E-state index in [0.717, 1.165) is 0 Å². The number of nitrogens with zero attached hydrogens (tertiary/aromatic N) is 1. The number of phenols is 1. The number of hydrogen-bond acceptors (Lipinski definition) is 4. The molecule has 2 N–H and O–H groups in total. The molecule has 0 aliphatic carbocycles. The van der Waals surface area contributed by atoms with Crippen LogP contribution in [0, 0.1) is 10.1 Å². The minimum atomic E-state index is -1.11. The molecule has 0 bridgehead atoms. The Morgan fingerprint density at radius 3 is 2.55 bits per heavy atom. The van der Waals surface area contributed by atoms with E-state index in [4.69, 9.17) is 5.11 Å². The maximum atomic E-state index is 10.9. The van der Waals surface area contributed by atoms with Gasteiger partial charge < -0.3 is 10.2 Å². The van der Waals surface area contributed by atoms with Crippen molar-refractivity contribution in [3.8, 4) is 16.9 Å². The Bertz CT molecular complexity index is 714. The van der Waals surface area contributed by atoms with Gasteiger partial charge in [0.2, 0.25) is 5.75 Å². The zero-order valence-corrected chi connectivity index (χ0v) is 11.5. The first-order valence-electron chi connectivity index (χ1n) is 5.41. The molecule has 2 aromatic rings. The van der Waals surface area contributed by atoms with Crippen LogP contribution in [0.1, 0.15) is 10.4 Å².